The van der Waals surface area contributed by atoms with Crippen molar-refractivity contribution >= 4 is 11.9 Å². The highest BCUT2D eigenvalue weighted by atomic mass is 16.4. The second kappa shape index (κ2) is 5.11. The number of aliphatic carboxylic acids is 1. The van der Waals surface area contributed by atoms with Crippen molar-refractivity contribution in [3.63, 3.8) is 0 Å². The molecule has 1 amide bonds. The molecule has 1 aliphatic heterocycles. The molecule has 18 heavy (non-hydrogen) atoms. The number of carboxylic acids is 1. The summed E-state index contributed by atoms with van der Waals surface area (Å²) < 4.78 is 1.29. The molecule has 0 bridgehead atoms. The van der Waals surface area contributed by atoms with Crippen LogP contribution in [0.25, 0.3) is 0 Å². The van der Waals surface area contributed by atoms with Gasteiger partial charge < -0.3 is 10.0 Å². The number of tetrazole rings is 1. The van der Waals surface area contributed by atoms with E-state index in [0.717, 1.165) is 6.42 Å². The fourth-order valence-corrected chi connectivity index (χ4v) is 2.16. The Hall–Kier alpha value is -1.99. The summed E-state index contributed by atoms with van der Waals surface area (Å²) in [6.45, 7) is 2.45. The molecule has 1 saturated heterocycles. The van der Waals surface area contributed by atoms with Crippen molar-refractivity contribution in [3.8, 4) is 0 Å². The second-order valence-electron chi connectivity index (χ2n) is 4.58. The van der Waals surface area contributed by atoms with Crippen LogP contribution in [0, 0.1) is 5.92 Å². The van der Waals surface area contributed by atoms with Gasteiger partial charge in [0.25, 0.3) is 0 Å². The monoisotopic (exact) mass is 253 g/mol. The molecule has 1 N–H and O–H groups in total. The smallest absolute Gasteiger partial charge is 0.326 e. The zero-order valence-electron chi connectivity index (χ0n) is 10.1. The molecule has 2 heterocycles. The van der Waals surface area contributed by atoms with Crippen LogP contribution in [0.5, 0.6) is 0 Å². The number of carbonyl (C=O) groups is 2. The molecular weight excluding hydrogens is 238 g/mol. The third kappa shape index (κ3) is 2.63. The summed E-state index contributed by atoms with van der Waals surface area (Å²) in [5, 5.41) is 19.6. The molecular formula is C10H15N5O3. The molecule has 0 aliphatic carbocycles. The lowest BCUT2D eigenvalue weighted by Crippen LogP contribution is -2.50. The van der Waals surface area contributed by atoms with Crippen molar-refractivity contribution in [2.24, 2.45) is 5.92 Å². The van der Waals surface area contributed by atoms with Crippen molar-refractivity contribution in [1.29, 1.82) is 0 Å². The number of likely N-dealkylation sites (tertiary alicyclic amines) is 1. The van der Waals surface area contributed by atoms with E-state index in [0.29, 0.717) is 18.9 Å². The predicted octanol–water partition coefficient (Wildman–Crippen LogP) is -0.615. The molecule has 2 rings (SSSR count). The van der Waals surface area contributed by atoms with Crippen molar-refractivity contribution < 1.29 is 14.7 Å². The molecule has 98 valence electrons. The predicted molar refractivity (Wildman–Crippen MR) is 59.4 cm³/mol. The Balaban J connectivity index is 2.05. The fraction of sp³-hybridized carbons (Fsp3) is 0.700. The third-order valence-electron chi connectivity index (χ3n) is 3.16. The van der Waals surface area contributed by atoms with Gasteiger partial charge in [-0.1, -0.05) is 6.92 Å². The largest absolute Gasteiger partial charge is 0.480 e. The summed E-state index contributed by atoms with van der Waals surface area (Å²) in [5.74, 6) is -0.892. The Morgan fingerprint density at radius 1 is 1.50 bits per heavy atom. The number of hydrogen-bond acceptors (Lipinski definition) is 5. The number of rotatable bonds is 3. The van der Waals surface area contributed by atoms with Crippen molar-refractivity contribution in [2.45, 2.75) is 32.4 Å². The van der Waals surface area contributed by atoms with Crippen LogP contribution in [-0.2, 0) is 16.1 Å². The molecule has 8 heteroatoms. The van der Waals surface area contributed by atoms with Crippen LogP contribution in [0.2, 0.25) is 0 Å². The molecule has 0 saturated carbocycles. The van der Waals surface area contributed by atoms with E-state index >= 15 is 0 Å². The maximum atomic E-state index is 12.0. The van der Waals surface area contributed by atoms with Crippen LogP contribution < -0.4 is 0 Å². The quantitative estimate of drug-likeness (QED) is 0.770. The number of amides is 1. The Labute approximate surface area is 104 Å². The minimum atomic E-state index is -0.952. The van der Waals surface area contributed by atoms with Gasteiger partial charge in [0.05, 0.1) is 0 Å². The third-order valence-corrected chi connectivity index (χ3v) is 3.16. The van der Waals surface area contributed by atoms with Gasteiger partial charge in [0.1, 0.15) is 18.9 Å². The van der Waals surface area contributed by atoms with Gasteiger partial charge in [0.2, 0.25) is 5.91 Å². The zero-order valence-corrected chi connectivity index (χ0v) is 10.1. The van der Waals surface area contributed by atoms with Gasteiger partial charge in [-0.05, 0) is 29.2 Å². The lowest BCUT2D eigenvalue weighted by Gasteiger charge is -2.35. The summed E-state index contributed by atoms with van der Waals surface area (Å²) in [6.07, 6.45) is 2.65. The van der Waals surface area contributed by atoms with E-state index in [1.54, 1.807) is 0 Å². The number of hydrogen-bond donors (Lipinski definition) is 1. The maximum absolute atomic E-state index is 12.0. The van der Waals surface area contributed by atoms with Crippen LogP contribution in [0.3, 0.4) is 0 Å². The molecule has 0 radical (unpaired) electrons. The summed E-state index contributed by atoms with van der Waals surface area (Å²) in [6, 6.07) is -0.738. The Kier molecular flexibility index (Phi) is 3.54. The number of aromatic nitrogens is 4. The second-order valence-corrected chi connectivity index (χ2v) is 4.58. The van der Waals surface area contributed by atoms with Gasteiger partial charge in [-0.3, -0.25) is 4.79 Å². The topological polar surface area (TPSA) is 101 Å². The average molecular weight is 253 g/mol. The van der Waals surface area contributed by atoms with Crippen LogP contribution in [0.1, 0.15) is 19.8 Å². The first kappa shape index (κ1) is 12.5. The van der Waals surface area contributed by atoms with E-state index in [1.165, 1.54) is 15.9 Å². The number of carbonyl (C=O) groups excluding carboxylic acids is 1. The lowest BCUT2D eigenvalue weighted by molar-refractivity contribution is -0.153. The van der Waals surface area contributed by atoms with Gasteiger partial charge in [-0.15, -0.1) is 5.10 Å². The zero-order chi connectivity index (χ0) is 13.1. The molecule has 8 nitrogen and oxygen atoms in total. The Bertz CT molecular complexity index is 433. The number of piperidine rings is 1. The van der Waals surface area contributed by atoms with E-state index in [4.69, 9.17) is 5.11 Å². The highest BCUT2D eigenvalue weighted by Gasteiger charge is 2.34. The first-order valence-electron chi connectivity index (χ1n) is 5.81. The minimum absolute atomic E-state index is 0.0227. The van der Waals surface area contributed by atoms with Gasteiger partial charge in [0.15, 0.2) is 0 Å². The highest BCUT2D eigenvalue weighted by Crippen LogP contribution is 2.22. The van der Waals surface area contributed by atoms with E-state index in [9.17, 15) is 9.59 Å². The summed E-state index contributed by atoms with van der Waals surface area (Å²) in [4.78, 5) is 24.6. The van der Waals surface area contributed by atoms with E-state index < -0.39 is 12.0 Å². The van der Waals surface area contributed by atoms with E-state index in [1.807, 2.05) is 6.92 Å². The highest BCUT2D eigenvalue weighted by molar-refractivity contribution is 5.83. The van der Waals surface area contributed by atoms with Crippen molar-refractivity contribution in [3.05, 3.63) is 6.33 Å². The van der Waals surface area contributed by atoms with Gasteiger partial charge in [-0.2, -0.15) is 0 Å². The lowest BCUT2D eigenvalue weighted by atomic mass is 9.92. The standard InChI is InChI=1S/C10H15N5O3/c1-7-2-3-15(8(4-7)10(17)18)9(16)5-14-6-11-12-13-14/h6-8H,2-5H2,1H3,(H,17,18). The first-order valence-corrected chi connectivity index (χ1v) is 5.81. The molecule has 2 unspecified atom stereocenters. The van der Waals surface area contributed by atoms with Gasteiger partial charge in [0, 0.05) is 6.54 Å². The first-order chi connectivity index (χ1) is 8.58. The summed E-state index contributed by atoms with van der Waals surface area (Å²) in [7, 11) is 0. The minimum Gasteiger partial charge on any atom is -0.480 e. The van der Waals surface area contributed by atoms with Crippen LogP contribution in [-0.4, -0.2) is 54.7 Å². The molecule has 1 fully saturated rings. The maximum Gasteiger partial charge on any atom is 0.326 e. The molecule has 1 aromatic heterocycles. The molecule has 1 aromatic rings. The summed E-state index contributed by atoms with van der Waals surface area (Å²) >= 11 is 0. The Morgan fingerprint density at radius 3 is 2.89 bits per heavy atom. The fourth-order valence-electron chi connectivity index (χ4n) is 2.16. The van der Waals surface area contributed by atoms with Crippen LogP contribution in [0.15, 0.2) is 6.33 Å². The van der Waals surface area contributed by atoms with Gasteiger partial charge in [-0.25, -0.2) is 9.48 Å². The SMILES string of the molecule is CC1CCN(C(=O)Cn2cnnn2)C(C(=O)O)C1. The van der Waals surface area contributed by atoms with Crippen LogP contribution in [0.4, 0.5) is 0 Å². The van der Waals surface area contributed by atoms with Gasteiger partial charge >= 0.3 is 5.97 Å². The Morgan fingerprint density at radius 2 is 2.28 bits per heavy atom. The van der Waals surface area contributed by atoms with Crippen molar-refractivity contribution in [2.75, 3.05) is 6.54 Å². The molecule has 0 aromatic carbocycles. The number of nitrogens with zero attached hydrogens (tertiary/aromatic N) is 5. The van der Waals surface area contributed by atoms with E-state index in [-0.39, 0.29) is 12.5 Å². The average Bonchev–Trinajstić information content (AvgIpc) is 2.81. The van der Waals surface area contributed by atoms with E-state index in [2.05, 4.69) is 15.5 Å². The van der Waals surface area contributed by atoms with Crippen LogP contribution >= 0.6 is 0 Å². The normalized spacial score (nSPS) is 23.9. The summed E-state index contributed by atoms with van der Waals surface area (Å²) in [5.41, 5.74) is 0. The van der Waals surface area contributed by atoms with Crippen molar-refractivity contribution in [1.82, 2.24) is 25.1 Å². The molecule has 2 atom stereocenters. The molecule has 0 spiro atoms. The number of carboxylic acid groups (broad SMARTS) is 1. The molecule has 1 aliphatic rings.